The van der Waals surface area contributed by atoms with Crippen molar-refractivity contribution in [1.29, 1.82) is 0 Å². The van der Waals surface area contributed by atoms with Crippen molar-refractivity contribution in [2.24, 2.45) is 11.8 Å². The molecule has 1 rings (SSSR count). The molecule has 0 unspecified atom stereocenters. The molecule has 1 aliphatic rings. The summed E-state index contributed by atoms with van der Waals surface area (Å²) in [6.45, 7) is 2.04. The number of aliphatic hydroxyl groups excluding tert-OH is 1. The number of hydrogen-bond donors (Lipinski definition) is 2. The average Bonchev–Trinajstić information content (AvgIpc) is 2.50. The molecule has 0 aromatic rings. The number of ketones is 1. The van der Waals surface area contributed by atoms with Crippen molar-refractivity contribution >= 4 is 11.7 Å². The number of aliphatic hydroxyl groups is 1. The van der Waals surface area contributed by atoms with Gasteiger partial charge in [-0.3, -0.25) is 9.59 Å². The van der Waals surface area contributed by atoms with Crippen LogP contribution in [-0.2, 0) is 9.59 Å². The quantitative estimate of drug-likeness (QED) is 0.632. The van der Waals surface area contributed by atoms with Gasteiger partial charge in [0.2, 0.25) is 5.91 Å². The molecule has 1 amide bonds. The predicted molar refractivity (Wildman–Crippen MR) is 47.0 cm³/mol. The largest absolute Gasteiger partial charge is 0.389 e. The van der Waals surface area contributed by atoms with Gasteiger partial charge in [-0.1, -0.05) is 6.92 Å². The monoisotopic (exact) mass is 185 g/mol. The molecule has 0 saturated carbocycles. The van der Waals surface area contributed by atoms with Gasteiger partial charge in [0.25, 0.3) is 0 Å². The fourth-order valence-corrected chi connectivity index (χ4v) is 1.58. The third-order valence-corrected chi connectivity index (χ3v) is 2.51. The van der Waals surface area contributed by atoms with E-state index in [1.165, 1.54) is 0 Å². The molecule has 4 heteroatoms. The molecule has 13 heavy (non-hydrogen) atoms. The van der Waals surface area contributed by atoms with Crippen LogP contribution in [0.25, 0.3) is 0 Å². The lowest BCUT2D eigenvalue weighted by molar-refractivity contribution is -0.127. The lowest BCUT2D eigenvalue weighted by Crippen LogP contribution is -2.24. The molecule has 0 aromatic carbocycles. The maximum atomic E-state index is 11.1. The zero-order valence-electron chi connectivity index (χ0n) is 7.75. The van der Waals surface area contributed by atoms with Gasteiger partial charge in [0.1, 0.15) is 6.61 Å². The van der Waals surface area contributed by atoms with Gasteiger partial charge in [-0.2, -0.15) is 0 Å². The molecule has 0 radical (unpaired) electrons. The molecule has 4 nitrogen and oxygen atoms in total. The summed E-state index contributed by atoms with van der Waals surface area (Å²) >= 11 is 0. The van der Waals surface area contributed by atoms with Crippen molar-refractivity contribution in [3.8, 4) is 0 Å². The Labute approximate surface area is 77.3 Å². The van der Waals surface area contributed by atoms with Gasteiger partial charge in [-0.25, -0.2) is 0 Å². The average molecular weight is 185 g/mol. The zero-order valence-corrected chi connectivity index (χ0v) is 7.75. The van der Waals surface area contributed by atoms with Crippen molar-refractivity contribution < 1.29 is 14.7 Å². The van der Waals surface area contributed by atoms with E-state index in [0.717, 1.165) is 6.42 Å². The van der Waals surface area contributed by atoms with Gasteiger partial charge >= 0.3 is 0 Å². The Morgan fingerprint density at radius 2 is 2.46 bits per heavy atom. The summed E-state index contributed by atoms with van der Waals surface area (Å²) in [7, 11) is 0. The van der Waals surface area contributed by atoms with Gasteiger partial charge in [0.15, 0.2) is 5.78 Å². The Morgan fingerprint density at radius 3 is 2.92 bits per heavy atom. The van der Waals surface area contributed by atoms with Crippen LogP contribution < -0.4 is 5.32 Å². The Bertz CT molecular complexity index is 215. The lowest BCUT2D eigenvalue weighted by atomic mass is 9.92. The summed E-state index contributed by atoms with van der Waals surface area (Å²) < 4.78 is 0. The minimum atomic E-state index is -0.421. The first kappa shape index (κ1) is 10.2. The molecule has 1 saturated heterocycles. The molecule has 74 valence electrons. The fourth-order valence-electron chi connectivity index (χ4n) is 1.58. The van der Waals surface area contributed by atoms with Gasteiger partial charge in [-0.15, -0.1) is 0 Å². The molecule has 0 aliphatic carbocycles. The van der Waals surface area contributed by atoms with Gasteiger partial charge in [-0.05, 0) is 12.8 Å². The second kappa shape index (κ2) is 4.37. The molecule has 0 spiro atoms. The van der Waals surface area contributed by atoms with Crippen molar-refractivity contribution in [2.75, 3.05) is 13.2 Å². The van der Waals surface area contributed by atoms with Crippen molar-refractivity contribution in [2.45, 2.75) is 19.8 Å². The van der Waals surface area contributed by atoms with E-state index >= 15 is 0 Å². The van der Waals surface area contributed by atoms with Gasteiger partial charge < -0.3 is 10.4 Å². The van der Waals surface area contributed by atoms with E-state index in [0.29, 0.717) is 13.0 Å². The van der Waals surface area contributed by atoms with E-state index in [1.807, 2.05) is 0 Å². The zero-order chi connectivity index (χ0) is 9.84. The lowest BCUT2D eigenvalue weighted by Gasteiger charge is -2.11. The van der Waals surface area contributed by atoms with Crippen LogP contribution in [-0.4, -0.2) is 29.9 Å². The van der Waals surface area contributed by atoms with Crippen LogP contribution in [0.4, 0.5) is 0 Å². The Morgan fingerprint density at radius 1 is 1.77 bits per heavy atom. The maximum Gasteiger partial charge on any atom is 0.223 e. The third-order valence-electron chi connectivity index (χ3n) is 2.51. The SMILES string of the molecule is C[C@@H](C[C@@H]1CCNC1=O)C(=O)CO. The standard InChI is InChI=1S/C9H15NO3/c1-6(8(12)5-11)4-7-2-3-10-9(7)13/h6-7,11H,2-5H2,1H3,(H,10,13)/t6-,7-/m0/s1. The smallest absolute Gasteiger partial charge is 0.223 e. The number of Topliss-reactive ketones (excluding diaryl/α,β-unsaturated/α-hetero) is 1. The molecular weight excluding hydrogens is 170 g/mol. The Hall–Kier alpha value is -0.900. The number of carbonyl (C=O) groups is 2. The Balaban J connectivity index is 2.39. The second-order valence-corrected chi connectivity index (χ2v) is 3.54. The molecular formula is C9H15NO3. The summed E-state index contributed by atoms with van der Waals surface area (Å²) in [4.78, 5) is 22.2. The van der Waals surface area contributed by atoms with Crippen molar-refractivity contribution in [3.05, 3.63) is 0 Å². The number of nitrogens with one attached hydrogen (secondary N) is 1. The summed E-state index contributed by atoms with van der Waals surface area (Å²) in [5, 5.41) is 11.3. The first-order valence-electron chi connectivity index (χ1n) is 4.56. The molecule has 1 aliphatic heterocycles. The predicted octanol–water partition coefficient (Wildman–Crippen LogP) is -0.290. The highest BCUT2D eigenvalue weighted by Crippen LogP contribution is 2.19. The molecule has 0 bridgehead atoms. The van der Waals surface area contributed by atoms with E-state index in [-0.39, 0.29) is 23.5 Å². The van der Waals surface area contributed by atoms with Crippen LogP contribution in [0.5, 0.6) is 0 Å². The third kappa shape index (κ3) is 2.52. The maximum absolute atomic E-state index is 11.1. The first-order valence-corrected chi connectivity index (χ1v) is 4.56. The van der Waals surface area contributed by atoms with Crippen LogP contribution in [0.2, 0.25) is 0 Å². The Kier molecular flexibility index (Phi) is 3.42. The first-order chi connectivity index (χ1) is 6.15. The van der Waals surface area contributed by atoms with Crippen LogP contribution >= 0.6 is 0 Å². The number of carbonyl (C=O) groups excluding carboxylic acids is 2. The van der Waals surface area contributed by atoms with Crippen molar-refractivity contribution in [1.82, 2.24) is 5.32 Å². The van der Waals surface area contributed by atoms with E-state index < -0.39 is 6.61 Å². The highest BCUT2D eigenvalue weighted by atomic mass is 16.3. The van der Waals surface area contributed by atoms with Crippen LogP contribution in [0.1, 0.15) is 19.8 Å². The highest BCUT2D eigenvalue weighted by Gasteiger charge is 2.27. The minimum absolute atomic E-state index is 0.0366. The summed E-state index contributed by atoms with van der Waals surface area (Å²) in [5.41, 5.74) is 0. The van der Waals surface area contributed by atoms with E-state index in [4.69, 9.17) is 5.11 Å². The summed E-state index contributed by atoms with van der Waals surface area (Å²) in [5.74, 6) is -0.387. The number of hydrogen-bond acceptors (Lipinski definition) is 3. The number of amides is 1. The second-order valence-electron chi connectivity index (χ2n) is 3.54. The molecule has 2 atom stereocenters. The highest BCUT2D eigenvalue weighted by molar-refractivity contribution is 5.84. The van der Waals surface area contributed by atoms with E-state index in [2.05, 4.69) is 5.32 Å². The van der Waals surface area contributed by atoms with Crippen LogP contribution in [0.15, 0.2) is 0 Å². The van der Waals surface area contributed by atoms with Crippen LogP contribution in [0.3, 0.4) is 0 Å². The minimum Gasteiger partial charge on any atom is -0.389 e. The van der Waals surface area contributed by atoms with E-state index in [9.17, 15) is 9.59 Å². The molecule has 1 heterocycles. The normalized spacial score (nSPS) is 24.2. The topological polar surface area (TPSA) is 66.4 Å². The van der Waals surface area contributed by atoms with Gasteiger partial charge in [0, 0.05) is 18.4 Å². The van der Waals surface area contributed by atoms with Crippen LogP contribution in [0, 0.1) is 11.8 Å². The van der Waals surface area contributed by atoms with E-state index in [1.54, 1.807) is 6.92 Å². The van der Waals surface area contributed by atoms with Gasteiger partial charge in [0.05, 0.1) is 0 Å². The fraction of sp³-hybridized carbons (Fsp3) is 0.778. The summed E-state index contributed by atoms with van der Waals surface area (Å²) in [6, 6.07) is 0. The summed E-state index contributed by atoms with van der Waals surface area (Å²) in [6.07, 6.45) is 1.37. The number of rotatable bonds is 4. The molecule has 2 N–H and O–H groups in total. The van der Waals surface area contributed by atoms with Crippen molar-refractivity contribution in [3.63, 3.8) is 0 Å². The molecule has 0 aromatic heterocycles. The molecule has 1 fully saturated rings.